The van der Waals surface area contributed by atoms with Crippen LogP contribution in [0.5, 0.6) is 0 Å². The predicted molar refractivity (Wildman–Crippen MR) is 79.0 cm³/mol. The fourth-order valence-electron chi connectivity index (χ4n) is 1.33. The van der Waals surface area contributed by atoms with Gasteiger partial charge in [-0.15, -0.1) is 0 Å². The largest absolute Gasteiger partial charge is 0.408 e. The highest BCUT2D eigenvalue weighted by molar-refractivity contribution is 9.10. The van der Waals surface area contributed by atoms with Crippen LogP contribution in [0.3, 0.4) is 0 Å². The summed E-state index contributed by atoms with van der Waals surface area (Å²) in [6.45, 7) is 4.77. The zero-order valence-corrected chi connectivity index (χ0v) is 14.2. The van der Waals surface area contributed by atoms with Crippen LogP contribution in [0.15, 0.2) is 22.7 Å². The van der Waals surface area contributed by atoms with Crippen LogP contribution >= 0.6 is 27.5 Å². The van der Waals surface area contributed by atoms with Crippen LogP contribution in [0.4, 0.5) is 13.2 Å². The third-order valence-corrected chi connectivity index (χ3v) is 4.76. The average molecular weight is 393 g/mol. The predicted octanol–water partition coefficient (Wildman–Crippen LogP) is 4.76. The van der Waals surface area contributed by atoms with Crippen molar-refractivity contribution in [2.45, 2.75) is 37.7 Å². The lowest BCUT2D eigenvalue weighted by Gasteiger charge is -2.26. The van der Waals surface area contributed by atoms with E-state index in [1.165, 1.54) is 18.2 Å². The summed E-state index contributed by atoms with van der Waals surface area (Å²) in [4.78, 5) is 0. The molecule has 114 valence electrons. The Labute approximate surface area is 131 Å². The Morgan fingerprint density at radius 1 is 1.30 bits per heavy atom. The van der Waals surface area contributed by atoms with Gasteiger partial charge in [0.15, 0.2) is 0 Å². The third-order valence-electron chi connectivity index (χ3n) is 2.38. The SMILES string of the molecule is CC(C)(C)[S@](=O)N[C@H](c1ccc(Br)cc1Cl)C(F)(F)F. The van der Waals surface area contributed by atoms with Crippen molar-refractivity contribution in [2.75, 3.05) is 0 Å². The van der Waals surface area contributed by atoms with Crippen LogP contribution in [-0.4, -0.2) is 15.1 Å². The zero-order chi connectivity index (χ0) is 15.7. The Bertz CT molecular complexity index is 516. The van der Waals surface area contributed by atoms with Gasteiger partial charge < -0.3 is 0 Å². The molecule has 0 fully saturated rings. The van der Waals surface area contributed by atoms with Crippen molar-refractivity contribution in [3.63, 3.8) is 0 Å². The van der Waals surface area contributed by atoms with E-state index >= 15 is 0 Å². The molecule has 0 saturated heterocycles. The number of hydrogen-bond donors (Lipinski definition) is 1. The molecule has 2 atom stereocenters. The van der Waals surface area contributed by atoms with Gasteiger partial charge in [0.1, 0.15) is 6.04 Å². The van der Waals surface area contributed by atoms with Crippen molar-refractivity contribution in [3.8, 4) is 0 Å². The van der Waals surface area contributed by atoms with E-state index in [-0.39, 0.29) is 10.6 Å². The molecule has 20 heavy (non-hydrogen) atoms. The van der Waals surface area contributed by atoms with Crippen molar-refractivity contribution >= 4 is 38.5 Å². The Morgan fingerprint density at radius 3 is 2.25 bits per heavy atom. The van der Waals surface area contributed by atoms with Gasteiger partial charge >= 0.3 is 6.18 Å². The zero-order valence-electron chi connectivity index (χ0n) is 11.0. The normalized spacial score (nSPS) is 16.0. The fraction of sp³-hybridized carbons (Fsp3) is 0.500. The number of hydrogen-bond acceptors (Lipinski definition) is 1. The number of halogens is 5. The maximum atomic E-state index is 13.2. The number of rotatable bonds is 3. The topological polar surface area (TPSA) is 29.1 Å². The van der Waals surface area contributed by atoms with E-state index in [2.05, 4.69) is 20.7 Å². The van der Waals surface area contributed by atoms with Crippen molar-refractivity contribution in [1.29, 1.82) is 0 Å². The molecule has 8 heteroatoms. The van der Waals surface area contributed by atoms with Crippen LogP contribution in [0, 0.1) is 0 Å². The summed E-state index contributed by atoms with van der Waals surface area (Å²) in [5.41, 5.74) is -0.153. The lowest BCUT2D eigenvalue weighted by Crippen LogP contribution is -2.41. The highest BCUT2D eigenvalue weighted by Gasteiger charge is 2.43. The van der Waals surface area contributed by atoms with Crippen molar-refractivity contribution in [3.05, 3.63) is 33.3 Å². The monoisotopic (exact) mass is 391 g/mol. The Balaban J connectivity index is 3.18. The van der Waals surface area contributed by atoms with E-state index in [0.29, 0.717) is 4.47 Å². The molecule has 0 radical (unpaired) electrons. The van der Waals surface area contributed by atoms with E-state index in [9.17, 15) is 17.4 Å². The highest BCUT2D eigenvalue weighted by Crippen LogP contribution is 2.37. The molecule has 0 spiro atoms. The molecule has 0 aliphatic heterocycles. The molecule has 0 heterocycles. The van der Waals surface area contributed by atoms with E-state index in [4.69, 9.17) is 11.6 Å². The number of alkyl halides is 3. The lowest BCUT2D eigenvalue weighted by atomic mass is 10.1. The van der Waals surface area contributed by atoms with Crippen LogP contribution in [0.2, 0.25) is 5.02 Å². The Morgan fingerprint density at radius 2 is 1.85 bits per heavy atom. The average Bonchev–Trinajstić information content (AvgIpc) is 2.23. The van der Waals surface area contributed by atoms with E-state index in [1.54, 1.807) is 20.8 Å². The second-order valence-corrected chi connectivity index (χ2v) is 8.46. The quantitative estimate of drug-likeness (QED) is 0.789. The molecule has 0 saturated carbocycles. The van der Waals surface area contributed by atoms with Gasteiger partial charge in [0.25, 0.3) is 0 Å². The number of nitrogens with one attached hydrogen (secondary N) is 1. The van der Waals surface area contributed by atoms with Crippen molar-refractivity contribution in [1.82, 2.24) is 4.72 Å². The summed E-state index contributed by atoms with van der Waals surface area (Å²) >= 11 is 8.99. The lowest BCUT2D eigenvalue weighted by molar-refractivity contribution is -0.152. The van der Waals surface area contributed by atoms with Gasteiger partial charge in [-0.1, -0.05) is 33.6 Å². The van der Waals surface area contributed by atoms with Gasteiger partial charge in [-0.25, -0.2) is 8.93 Å². The van der Waals surface area contributed by atoms with E-state index in [0.717, 1.165) is 0 Å². The molecular formula is C12H14BrClF3NOS. The fourth-order valence-corrected chi connectivity index (χ4v) is 2.94. The smallest absolute Gasteiger partial charge is 0.242 e. The molecule has 0 amide bonds. The molecule has 1 aromatic carbocycles. The van der Waals surface area contributed by atoms with Crippen LogP contribution < -0.4 is 4.72 Å². The molecule has 0 unspecified atom stereocenters. The minimum atomic E-state index is -4.60. The summed E-state index contributed by atoms with van der Waals surface area (Å²) in [6, 6.07) is 2.01. The molecule has 1 aromatic rings. The second kappa shape index (κ2) is 6.34. The minimum Gasteiger partial charge on any atom is -0.242 e. The van der Waals surface area contributed by atoms with Gasteiger partial charge in [0, 0.05) is 9.50 Å². The molecule has 2 nitrogen and oxygen atoms in total. The summed E-state index contributed by atoms with van der Waals surface area (Å²) in [6.07, 6.45) is -4.60. The van der Waals surface area contributed by atoms with Crippen molar-refractivity contribution < 1.29 is 17.4 Å². The second-order valence-electron chi connectivity index (χ2n) is 5.14. The first-order valence-corrected chi connectivity index (χ1v) is 7.94. The molecular weight excluding hydrogens is 379 g/mol. The summed E-state index contributed by atoms with van der Waals surface area (Å²) in [5, 5.41) is -0.0416. The Kier molecular flexibility index (Phi) is 5.68. The summed E-state index contributed by atoms with van der Waals surface area (Å²) in [5.74, 6) is 0. The molecule has 1 N–H and O–H groups in total. The molecule has 1 rings (SSSR count). The number of benzene rings is 1. The first-order chi connectivity index (χ1) is 8.93. The molecule has 0 aliphatic carbocycles. The van der Waals surface area contributed by atoms with Crippen LogP contribution in [0.25, 0.3) is 0 Å². The van der Waals surface area contributed by atoms with Gasteiger partial charge in [-0.3, -0.25) is 0 Å². The van der Waals surface area contributed by atoms with Crippen LogP contribution in [-0.2, 0) is 11.0 Å². The van der Waals surface area contributed by atoms with Crippen LogP contribution in [0.1, 0.15) is 32.4 Å². The molecule has 0 aliphatic rings. The third kappa shape index (κ3) is 4.72. The van der Waals surface area contributed by atoms with E-state index in [1.807, 2.05) is 0 Å². The van der Waals surface area contributed by atoms with Gasteiger partial charge in [0.2, 0.25) is 0 Å². The standard InChI is InChI=1S/C12H14BrClF3NOS/c1-11(2,3)20(19)18-10(12(15,16)17)8-5-4-7(13)6-9(8)14/h4-6,10,18H,1-3H3/t10-,20+/m1/s1. The molecule has 0 aromatic heterocycles. The summed E-state index contributed by atoms with van der Waals surface area (Å²) in [7, 11) is -1.87. The van der Waals surface area contributed by atoms with E-state index < -0.39 is 28.0 Å². The highest BCUT2D eigenvalue weighted by atomic mass is 79.9. The minimum absolute atomic E-state index is 0.0416. The first-order valence-electron chi connectivity index (χ1n) is 5.62. The summed E-state index contributed by atoms with van der Waals surface area (Å²) < 4.78 is 53.3. The van der Waals surface area contributed by atoms with Crippen molar-refractivity contribution in [2.24, 2.45) is 0 Å². The Hall–Kier alpha value is -0.110. The maximum Gasteiger partial charge on any atom is 0.408 e. The van der Waals surface area contributed by atoms with Gasteiger partial charge in [-0.2, -0.15) is 13.2 Å². The first kappa shape index (κ1) is 17.9. The van der Waals surface area contributed by atoms with Gasteiger partial charge in [0.05, 0.1) is 15.7 Å². The van der Waals surface area contributed by atoms with Gasteiger partial charge in [-0.05, 0) is 38.5 Å². The molecule has 0 bridgehead atoms. The maximum absolute atomic E-state index is 13.2.